The Hall–Kier alpha value is -0.480. The Morgan fingerprint density at radius 3 is 2.45 bits per heavy atom. The van der Waals surface area contributed by atoms with Crippen LogP contribution in [-0.4, -0.2) is 30.9 Å². The first-order valence-electron chi connectivity index (χ1n) is 6.81. The van der Waals surface area contributed by atoms with E-state index in [1.165, 1.54) is 0 Å². The number of aliphatic hydroxyl groups is 1. The number of rotatable bonds is 8. The summed E-state index contributed by atoms with van der Waals surface area (Å²) < 4.78 is 5.48. The Morgan fingerprint density at radius 2 is 1.90 bits per heavy atom. The summed E-state index contributed by atoms with van der Waals surface area (Å²) in [4.78, 5) is 0. The minimum Gasteiger partial charge on any atom is -0.488 e. The first kappa shape index (κ1) is 17.6. The van der Waals surface area contributed by atoms with Gasteiger partial charge in [0.05, 0.1) is 10.0 Å². The zero-order chi connectivity index (χ0) is 15.2. The van der Waals surface area contributed by atoms with Crippen LogP contribution in [0.15, 0.2) is 18.2 Å². The average Bonchev–Trinajstić information content (AvgIpc) is 2.38. The molecule has 0 bridgehead atoms. The van der Waals surface area contributed by atoms with Crippen LogP contribution in [0.2, 0.25) is 10.0 Å². The van der Waals surface area contributed by atoms with Gasteiger partial charge in [0, 0.05) is 13.1 Å². The largest absolute Gasteiger partial charge is 0.488 e. The van der Waals surface area contributed by atoms with Gasteiger partial charge in [0.2, 0.25) is 0 Å². The van der Waals surface area contributed by atoms with Crippen LogP contribution in [-0.2, 0) is 0 Å². The van der Waals surface area contributed by atoms with Crippen molar-refractivity contribution in [2.75, 3.05) is 19.7 Å². The van der Waals surface area contributed by atoms with Crippen molar-refractivity contribution in [3.8, 4) is 5.75 Å². The molecule has 0 aliphatic heterocycles. The van der Waals surface area contributed by atoms with Gasteiger partial charge < -0.3 is 15.2 Å². The molecule has 1 aromatic rings. The molecule has 1 unspecified atom stereocenters. The minimum absolute atomic E-state index is 0.156. The normalized spacial score (nSPS) is 13.3. The molecule has 1 rings (SSSR count). The van der Waals surface area contributed by atoms with Gasteiger partial charge in [-0.15, -0.1) is 0 Å². The van der Waals surface area contributed by atoms with Crippen molar-refractivity contribution in [3.05, 3.63) is 28.2 Å². The van der Waals surface area contributed by atoms with Gasteiger partial charge in [-0.3, -0.25) is 0 Å². The summed E-state index contributed by atoms with van der Waals surface area (Å²) in [5.74, 6) is 0.420. The predicted octanol–water partition coefficient (Wildman–Crippen LogP) is 3.76. The second-order valence-electron chi connectivity index (χ2n) is 5.66. The Labute approximate surface area is 131 Å². The molecule has 2 N–H and O–H groups in total. The monoisotopic (exact) mass is 319 g/mol. The van der Waals surface area contributed by atoms with Crippen LogP contribution in [0.1, 0.15) is 27.2 Å². The number of hydrogen-bond acceptors (Lipinski definition) is 3. The quantitative estimate of drug-likeness (QED) is 0.766. The lowest BCUT2D eigenvalue weighted by Gasteiger charge is -2.24. The third-order valence-corrected chi connectivity index (χ3v) is 3.87. The lowest BCUT2D eigenvalue weighted by molar-refractivity contribution is 0.103. The molecule has 3 nitrogen and oxygen atoms in total. The summed E-state index contributed by atoms with van der Waals surface area (Å²) in [6, 6.07) is 5.16. The molecule has 0 spiro atoms. The summed E-state index contributed by atoms with van der Waals surface area (Å²) in [6.45, 7) is 8.02. The van der Waals surface area contributed by atoms with Crippen molar-refractivity contribution >= 4 is 23.2 Å². The second-order valence-corrected chi connectivity index (χ2v) is 6.48. The molecule has 0 saturated carbocycles. The van der Waals surface area contributed by atoms with E-state index in [-0.39, 0.29) is 12.0 Å². The molecule has 0 radical (unpaired) electrons. The summed E-state index contributed by atoms with van der Waals surface area (Å²) in [5, 5.41) is 14.0. The van der Waals surface area contributed by atoms with Crippen molar-refractivity contribution in [3.63, 3.8) is 0 Å². The van der Waals surface area contributed by atoms with Crippen molar-refractivity contribution < 1.29 is 9.84 Å². The maximum Gasteiger partial charge on any atom is 0.156 e. The van der Waals surface area contributed by atoms with Gasteiger partial charge in [-0.05, 0) is 24.0 Å². The lowest BCUT2D eigenvalue weighted by Crippen LogP contribution is -2.36. The van der Waals surface area contributed by atoms with E-state index in [0.29, 0.717) is 22.3 Å². The van der Waals surface area contributed by atoms with E-state index in [4.69, 9.17) is 27.9 Å². The molecular weight excluding hydrogens is 297 g/mol. The van der Waals surface area contributed by atoms with Gasteiger partial charge >= 0.3 is 0 Å². The zero-order valence-electron chi connectivity index (χ0n) is 12.2. The van der Waals surface area contributed by atoms with E-state index >= 15 is 0 Å². The van der Waals surface area contributed by atoms with Crippen molar-refractivity contribution in [2.24, 2.45) is 5.41 Å². The number of ether oxygens (including phenoxy) is 1. The van der Waals surface area contributed by atoms with Gasteiger partial charge in [-0.25, -0.2) is 0 Å². The maximum absolute atomic E-state index is 9.89. The van der Waals surface area contributed by atoms with E-state index in [1.807, 2.05) is 0 Å². The molecule has 1 aromatic carbocycles. The number of para-hydroxylation sites is 1. The number of halogens is 2. The molecule has 0 heterocycles. The smallest absolute Gasteiger partial charge is 0.156 e. The van der Waals surface area contributed by atoms with Gasteiger partial charge in [-0.2, -0.15) is 0 Å². The number of aliphatic hydroxyl groups excluding tert-OH is 1. The molecule has 1 atom stereocenters. The van der Waals surface area contributed by atoms with Crippen LogP contribution in [0.4, 0.5) is 0 Å². The molecule has 5 heteroatoms. The molecule has 0 amide bonds. The number of nitrogens with one attached hydrogen (secondary N) is 1. The van der Waals surface area contributed by atoms with Crippen LogP contribution in [0.3, 0.4) is 0 Å². The predicted molar refractivity (Wildman–Crippen MR) is 84.9 cm³/mol. The minimum atomic E-state index is -0.602. The van der Waals surface area contributed by atoms with E-state index < -0.39 is 6.10 Å². The molecule has 0 saturated heterocycles. The van der Waals surface area contributed by atoms with Crippen LogP contribution in [0.25, 0.3) is 0 Å². The van der Waals surface area contributed by atoms with Crippen molar-refractivity contribution in [1.29, 1.82) is 0 Å². The maximum atomic E-state index is 9.89. The van der Waals surface area contributed by atoms with Gasteiger partial charge in [0.25, 0.3) is 0 Å². The molecule has 114 valence electrons. The fourth-order valence-electron chi connectivity index (χ4n) is 1.56. The summed E-state index contributed by atoms with van der Waals surface area (Å²) in [7, 11) is 0. The first-order valence-corrected chi connectivity index (χ1v) is 7.57. The van der Waals surface area contributed by atoms with E-state index in [0.717, 1.165) is 13.0 Å². The highest BCUT2D eigenvalue weighted by Gasteiger charge is 2.15. The molecule has 0 aliphatic rings. The summed E-state index contributed by atoms with van der Waals surface area (Å²) in [6.07, 6.45) is 0.483. The molecule has 0 aromatic heterocycles. The SMILES string of the molecule is CCC(C)(C)CNCC(O)COc1c(Cl)cccc1Cl. The van der Waals surface area contributed by atoms with Crippen LogP contribution in [0, 0.1) is 5.41 Å². The Bertz CT molecular complexity index is 404. The number of hydrogen-bond donors (Lipinski definition) is 2. The van der Waals surface area contributed by atoms with Crippen LogP contribution in [0.5, 0.6) is 5.75 Å². The fraction of sp³-hybridized carbons (Fsp3) is 0.600. The highest BCUT2D eigenvalue weighted by atomic mass is 35.5. The first-order chi connectivity index (χ1) is 9.35. The molecule has 20 heavy (non-hydrogen) atoms. The highest BCUT2D eigenvalue weighted by Crippen LogP contribution is 2.32. The number of benzene rings is 1. The second kappa shape index (κ2) is 8.08. The Balaban J connectivity index is 2.35. The van der Waals surface area contributed by atoms with Gasteiger partial charge in [0.15, 0.2) is 5.75 Å². The van der Waals surface area contributed by atoms with Crippen LogP contribution >= 0.6 is 23.2 Å². The standard InChI is InChI=1S/C15H23Cl2NO2/c1-4-15(2,3)10-18-8-11(19)9-20-14-12(16)6-5-7-13(14)17/h5-7,11,18-19H,4,8-10H2,1-3H3. The van der Waals surface area contributed by atoms with Crippen molar-refractivity contribution in [1.82, 2.24) is 5.32 Å². The van der Waals surface area contributed by atoms with E-state index in [2.05, 4.69) is 26.1 Å². The van der Waals surface area contributed by atoms with Crippen LogP contribution < -0.4 is 10.1 Å². The zero-order valence-corrected chi connectivity index (χ0v) is 13.8. The Kier molecular flexibility index (Phi) is 7.10. The van der Waals surface area contributed by atoms with Gasteiger partial charge in [-0.1, -0.05) is 50.0 Å². The summed E-state index contributed by atoms with van der Waals surface area (Å²) in [5.41, 5.74) is 0.229. The highest BCUT2D eigenvalue weighted by molar-refractivity contribution is 6.37. The van der Waals surface area contributed by atoms with Crippen molar-refractivity contribution in [2.45, 2.75) is 33.3 Å². The summed E-state index contributed by atoms with van der Waals surface area (Å²) >= 11 is 12.0. The van der Waals surface area contributed by atoms with E-state index in [1.54, 1.807) is 18.2 Å². The lowest BCUT2D eigenvalue weighted by atomic mass is 9.90. The molecule has 0 aliphatic carbocycles. The molecule has 0 fully saturated rings. The third kappa shape index (κ3) is 5.88. The third-order valence-electron chi connectivity index (χ3n) is 3.28. The fourth-order valence-corrected chi connectivity index (χ4v) is 2.07. The molecular formula is C15H23Cl2NO2. The topological polar surface area (TPSA) is 41.5 Å². The van der Waals surface area contributed by atoms with Gasteiger partial charge in [0.1, 0.15) is 12.7 Å². The Morgan fingerprint density at radius 1 is 1.30 bits per heavy atom. The van der Waals surface area contributed by atoms with E-state index in [9.17, 15) is 5.11 Å². The average molecular weight is 320 g/mol.